The number of likely N-dealkylation sites (tertiary alicyclic amines) is 1. The average molecular weight is 580 g/mol. The Bertz CT molecular complexity index is 1850. The molecule has 6 rings (SSSR count). The first kappa shape index (κ1) is 28.0. The van der Waals surface area contributed by atoms with E-state index in [0.717, 1.165) is 50.5 Å². The van der Waals surface area contributed by atoms with E-state index in [0.29, 0.717) is 36.8 Å². The molecule has 0 aliphatic carbocycles. The molecule has 0 saturated carbocycles. The number of nitrogen functional groups attached to an aromatic ring is 1. The summed E-state index contributed by atoms with van der Waals surface area (Å²) in [6.07, 6.45) is 2.00. The second-order valence-corrected chi connectivity index (χ2v) is 10.8. The fourth-order valence-electron chi connectivity index (χ4n) is 5.80. The lowest BCUT2D eigenvalue weighted by Crippen LogP contribution is -2.29. The van der Waals surface area contributed by atoms with Crippen molar-refractivity contribution in [2.45, 2.75) is 39.3 Å². The number of amides is 1. The van der Waals surface area contributed by atoms with Gasteiger partial charge < -0.3 is 25.2 Å². The number of anilines is 1. The summed E-state index contributed by atoms with van der Waals surface area (Å²) in [7, 11) is 0. The van der Waals surface area contributed by atoms with Gasteiger partial charge in [-0.15, -0.1) is 0 Å². The lowest BCUT2D eigenvalue weighted by atomic mass is 10.00. The van der Waals surface area contributed by atoms with Crippen molar-refractivity contribution < 1.29 is 24.2 Å². The summed E-state index contributed by atoms with van der Waals surface area (Å²) < 4.78 is 13.5. The molecule has 3 heterocycles. The second-order valence-electron chi connectivity index (χ2n) is 10.8. The number of fused-ring (bicyclic) bond motifs is 2. The van der Waals surface area contributed by atoms with Crippen LogP contribution in [-0.2, 0) is 22.6 Å². The Morgan fingerprint density at radius 1 is 1.07 bits per heavy atom. The van der Waals surface area contributed by atoms with Crippen molar-refractivity contribution in [3.63, 3.8) is 0 Å². The van der Waals surface area contributed by atoms with Gasteiger partial charge in [-0.05, 0) is 72.7 Å². The van der Waals surface area contributed by atoms with Crippen LogP contribution in [0, 0.1) is 6.92 Å². The van der Waals surface area contributed by atoms with Gasteiger partial charge in [0.25, 0.3) is 0 Å². The standard InChI is InChI=1S/C33H33N5O5/c1-3-42-33(41)37-14-12-24(18-37)38-29-10-9-23(22-8-7-21-11-13-35-32(34)26(21)15-22)16-27(29)28(36-38)19-43-30-6-4-5-20(2)25(30)17-31(39)40/h4-11,13,15-16,24H,3,12,14,17-19H2,1-2H3,(H2,34,35)(H,39,40). The van der Waals surface area contributed by atoms with E-state index in [1.165, 1.54) is 0 Å². The van der Waals surface area contributed by atoms with Crippen molar-refractivity contribution in [1.29, 1.82) is 0 Å². The Balaban J connectivity index is 1.39. The molecule has 1 atom stereocenters. The zero-order chi connectivity index (χ0) is 30.1. The molecule has 3 N–H and O–H groups in total. The van der Waals surface area contributed by atoms with Crippen LogP contribution < -0.4 is 10.5 Å². The van der Waals surface area contributed by atoms with Crippen molar-refractivity contribution >= 4 is 39.6 Å². The van der Waals surface area contributed by atoms with Crippen molar-refractivity contribution in [2.24, 2.45) is 0 Å². The smallest absolute Gasteiger partial charge is 0.409 e. The van der Waals surface area contributed by atoms with E-state index >= 15 is 0 Å². The highest BCUT2D eigenvalue weighted by Crippen LogP contribution is 2.34. The largest absolute Gasteiger partial charge is 0.487 e. The first-order valence-corrected chi connectivity index (χ1v) is 14.3. The molecule has 1 aliphatic heterocycles. The monoisotopic (exact) mass is 579 g/mol. The summed E-state index contributed by atoms with van der Waals surface area (Å²) in [6.45, 7) is 5.23. The summed E-state index contributed by atoms with van der Waals surface area (Å²) in [5.74, 6) is 0.0790. The number of carbonyl (C=O) groups is 2. The summed E-state index contributed by atoms with van der Waals surface area (Å²) in [4.78, 5) is 29.9. The molecule has 1 fully saturated rings. The van der Waals surface area contributed by atoms with Gasteiger partial charge in [-0.3, -0.25) is 9.48 Å². The Morgan fingerprint density at radius 3 is 2.65 bits per heavy atom. The van der Waals surface area contributed by atoms with E-state index in [-0.39, 0.29) is 25.2 Å². The minimum Gasteiger partial charge on any atom is -0.487 e. The SMILES string of the molecule is CCOC(=O)N1CCC(n2nc(COc3cccc(C)c3CC(=O)O)c3cc(-c4ccc5ccnc(N)c5c4)ccc32)C1. The molecule has 0 bridgehead atoms. The highest BCUT2D eigenvalue weighted by atomic mass is 16.6. The fraction of sp³-hybridized carbons (Fsp3) is 0.273. The number of benzene rings is 3. The van der Waals surface area contributed by atoms with Gasteiger partial charge in [0.15, 0.2) is 0 Å². The van der Waals surface area contributed by atoms with E-state index in [1.807, 2.05) is 48.0 Å². The number of carboxylic acids is 1. The average Bonchev–Trinajstić information content (AvgIpc) is 3.63. The number of hydrogen-bond donors (Lipinski definition) is 2. The van der Waals surface area contributed by atoms with Crippen LogP contribution in [0.4, 0.5) is 10.6 Å². The normalized spacial score (nSPS) is 14.8. The van der Waals surface area contributed by atoms with Crippen LogP contribution in [0.1, 0.15) is 36.2 Å². The van der Waals surface area contributed by atoms with Gasteiger partial charge >= 0.3 is 12.1 Å². The van der Waals surface area contributed by atoms with Crippen LogP contribution in [0.3, 0.4) is 0 Å². The molecular formula is C33H33N5O5. The number of carboxylic acid groups (broad SMARTS) is 1. The van der Waals surface area contributed by atoms with Crippen LogP contribution in [0.5, 0.6) is 5.75 Å². The molecule has 1 aliphatic rings. The zero-order valence-corrected chi connectivity index (χ0v) is 24.1. The quantitative estimate of drug-likeness (QED) is 0.237. The van der Waals surface area contributed by atoms with Crippen LogP contribution in [-0.4, -0.2) is 56.5 Å². The lowest BCUT2D eigenvalue weighted by Gasteiger charge is -2.16. The van der Waals surface area contributed by atoms with Crippen LogP contribution >= 0.6 is 0 Å². The summed E-state index contributed by atoms with van der Waals surface area (Å²) in [5, 5.41) is 17.3. The first-order chi connectivity index (χ1) is 20.8. The maximum absolute atomic E-state index is 12.4. The van der Waals surface area contributed by atoms with Crippen LogP contribution in [0.2, 0.25) is 0 Å². The Morgan fingerprint density at radius 2 is 1.86 bits per heavy atom. The number of nitrogens with two attached hydrogens (primary N) is 1. The summed E-state index contributed by atoms with van der Waals surface area (Å²) >= 11 is 0. The minimum absolute atomic E-state index is 0.0282. The number of rotatable bonds is 8. The van der Waals surface area contributed by atoms with Gasteiger partial charge in [0, 0.05) is 35.6 Å². The predicted molar refractivity (Wildman–Crippen MR) is 164 cm³/mol. The van der Waals surface area contributed by atoms with Gasteiger partial charge in [0.05, 0.1) is 24.6 Å². The van der Waals surface area contributed by atoms with Crippen molar-refractivity contribution in [2.75, 3.05) is 25.4 Å². The molecule has 220 valence electrons. The van der Waals surface area contributed by atoms with Crippen LogP contribution in [0.15, 0.2) is 66.9 Å². The highest BCUT2D eigenvalue weighted by Gasteiger charge is 2.30. The third-order valence-electron chi connectivity index (χ3n) is 8.01. The Kier molecular flexibility index (Phi) is 7.58. The topological polar surface area (TPSA) is 133 Å². The maximum Gasteiger partial charge on any atom is 0.409 e. The van der Waals surface area contributed by atoms with Gasteiger partial charge in [0.2, 0.25) is 0 Å². The molecule has 10 nitrogen and oxygen atoms in total. The third kappa shape index (κ3) is 5.55. The van der Waals surface area contributed by atoms with Crippen LogP contribution in [0.25, 0.3) is 32.8 Å². The number of aromatic nitrogens is 3. The van der Waals surface area contributed by atoms with Gasteiger partial charge in [-0.2, -0.15) is 5.10 Å². The zero-order valence-electron chi connectivity index (χ0n) is 24.1. The lowest BCUT2D eigenvalue weighted by molar-refractivity contribution is -0.136. The number of pyridine rings is 1. The van der Waals surface area contributed by atoms with E-state index in [4.69, 9.17) is 20.3 Å². The van der Waals surface area contributed by atoms with E-state index in [9.17, 15) is 14.7 Å². The van der Waals surface area contributed by atoms with Gasteiger partial charge in [0.1, 0.15) is 23.9 Å². The predicted octanol–water partition coefficient (Wildman–Crippen LogP) is 5.75. The fourth-order valence-corrected chi connectivity index (χ4v) is 5.80. The molecule has 0 radical (unpaired) electrons. The molecule has 3 aromatic carbocycles. The number of aryl methyl sites for hydroxylation is 1. The number of nitrogens with zero attached hydrogens (tertiary/aromatic N) is 4. The second kappa shape index (κ2) is 11.6. The summed E-state index contributed by atoms with van der Waals surface area (Å²) in [6, 6.07) is 19.8. The highest BCUT2D eigenvalue weighted by molar-refractivity contribution is 5.95. The third-order valence-corrected chi connectivity index (χ3v) is 8.01. The van der Waals surface area contributed by atoms with E-state index in [1.54, 1.807) is 24.1 Å². The summed E-state index contributed by atoms with van der Waals surface area (Å²) in [5.41, 5.74) is 11.3. The first-order valence-electron chi connectivity index (χ1n) is 14.3. The Labute approximate surface area is 248 Å². The number of aliphatic carboxylic acids is 1. The van der Waals surface area contributed by atoms with Crippen molar-refractivity contribution in [3.8, 4) is 16.9 Å². The van der Waals surface area contributed by atoms with E-state index in [2.05, 4.69) is 23.2 Å². The number of ether oxygens (including phenoxy) is 2. The van der Waals surface area contributed by atoms with Crippen molar-refractivity contribution in [3.05, 3.63) is 83.7 Å². The molecule has 2 aromatic heterocycles. The number of hydrogen-bond acceptors (Lipinski definition) is 7. The molecule has 43 heavy (non-hydrogen) atoms. The molecule has 1 amide bonds. The molecule has 10 heteroatoms. The molecule has 1 saturated heterocycles. The van der Waals surface area contributed by atoms with Gasteiger partial charge in [-0.25, -0.2) is 9.78 Å². The molecule has 1 unspecified atom stereocenters. The molecular weight excluding hydrogens is 546 g/mol. The minimum atomic E-state index is -0.919. The van der Waals surface area contributed by atoms with Crippen molar-refractivity contribution in [1.82, 2.24) is 19.7 Å². The molecule has 0 spiro atoms. The Hall–Kier alpha value is -5.12. The maximum atomic E-state index is 12.4. The van der Waals surface area contributed by atoms with E-state index < -0.39 is 5.97 Å². The number of carbonyl (C=O) groups excluding carboxylic acids is 1. The molecule has 5 aromatic rings. The van der Waals surface area contributed by atoms with Gasteiger partial charge in [-0.1, -0.05) is 30.3 Å².